The zero-order chi connectivity index (χ0) is 12.4. The second kappa shape index (κ2) is 4.77. The number of nitrogens with zero attached hydrogens (tertiary/aromatic N) is 1. The molecule has 1 unspecified atom stereocenters. The molecule has 1 aromatic carbocycles. The molecule has 0 bridgehead atoms. The van der Waals surface area contributed by atoms with E-state index in [-0.39, 0.29) is 11.3 Å². The zero-order valence-corrected chi connectivity index (χ0v) is 9.33. The number of hydrogen-bond donors (Lipinski definition) is 1. The van der Waals surface area contributed by atoms with Crippen molar-refractivity contribution in [2.75, 3.05) is 0 Å². The lowest BCUT2D eigenvalue weighted by atomic mass is 10.1. The molecule has 1 N–H and O–H groups in total. The van der Waals surface area contributed by atoms with Crippen molar-refractivity contribution < 1.29 is 13.9 Å². The van der Waals surface area contributed by atoms with Gasteiger partial charge in [-0.05, 0) is 18.2 Å². The maximum absolute atomic E-state index is 13.4. The van der Waals surface area contributed by atoms with Crippen LogP contribution in [0.5, 0.6) is 0 Å². The lowest BCUT2D eigenvalue weighted by Crippen LogP contribution is -2.05. The molecule has 0 saturated carbocycles. The number of benzene rings is 1. The Bertz CT molecular complexity index is 531. The molecule has 1 atom stereocenters. The fraction of sp³-hybridized carbons (Fsp3) is 0.0833. The molecule has 0 spiro atoms. The summed E-state index contributed by atoms with van der Waals surface area (Å²) in [4.78, 5) is 3.85. The van der Waals surface area contributed by atoms with Gasteiger partial charge in [-0.15, -0.1) is 0 Å². The zero-order valence-electron chi connectivity index (χ0n) is 8.57. The average molecular weight is 256 g/mol. The minimum atomic E-state index is -1.32. The first-order valence-corrected chi connectivity index (χ1v) is 5.21. The minimum absolute atomic E-state index is 0.153. The highest BCUT2D eigenvalue weighted by atomic mass is 35.5. The van der Waals surface area contributed by atoms with E-state index in [4.69, 9.17) is 11.6 Å². The predicted octanol–water partition coefficient (Wildman–Crippen LogP) is 3.09. The molecule has 1 heterocycles. The van der Waals surface area contributed by atoms with Crippen LogP contribution >= 0.6 is 11.6 Å². The second-order valence-corrected chi connectivity index (χ2v) is 3.88. The molecule has 0 aliphatic carbocycles. The van der Waals surface area contributed by atoms with Crippen LogP contribution in [0.3, 0.4) is 0 Å². The topological polar surface area (TPSA) is 33.1 Å². The maximum atomic E-state index is 13.4. The smallest absolute Gasteiger partial charge is 0.165 e. The Balaban J connectivity index is 2.40. The summed E-state index contributed by atoms with van der Waals surface area (Å²) in [5, 5.41) is 10.3. The van der Waals surface area contributed by atoms with E-state index in [1.54, 1.807) is 0 Å². The Morgan fingerprint density at radius 2 is 1.94 bits per heavy atom. The van der Waals surface area contributed by atoms with Crippen LogP contribution in [-0.4, -0.2) is 10.1 Å². The van der Waals surface area contributed by atoms with Crippen molar-refractivity contribution in [1.82, 2.24) is 4.98 Å². The van der Waals surface area contributed by atoms with Crippen LogP contribution in [0, 0.1) is 11.6 Å². The summed E-state index contributed by atoms with van der Waals surface area (Å²) < 4.78 is 26.4. The molecule has 17 heavy (non-hydrogen) atoms. The van der Waals surface area contributed by atoms with Gasteiger partial charge in [0, 0.05) is 11.8 Å². The first kappa shape index (κ1) is 12.0. The summed E-state index contributed by atoms with van der Waals surface area (Å²) in [6.07, 6.45) is 0.0140. The van der Waals surface area contributed by atoms with Crippen LogP contribution in [0.15, 0.2) is 36.5 Å². The molecule has 1 aromatic heterocycles. The number of aromatic nitrogens is 1. The molecule has 0 fully saturated rings. The lowest BCUT2D eigenvalue weighted by Gasteiger charge is -2.11. The van der Waals surface area contributed by atoms with E-state index >= 15 is 0 Å². The first-order chi connectivity index (χ1) is 8.09. The molecular formula is C12H8ClF2NO. The van der Waals surface area contributed by atoms with Gasteiger partial charge in [-0.2, -0.15) is 0 Å². The first-order valence-electron chi connectivity index (χ1n) is 4.83. The largest absolute Gasteiger partial charge is 0.382 e. The van der Waals surface area contributed by atoms with Gasteiger partial charge in [-0.1, -0.05) is 23.7 Å². The van der Waals surface area contributed by atoms with Gasteiger partial charge in [-0.3, -0.25) is 4.98 Å². The molecule has 0 saturated heterocycles. The minimum Gasteiger partial charge on any atom is -0.382 e. The predicted molar refractivity (Wildman–Crippen MR) is 59.7 cm³/mol. The van der Waals surface area contributed by atoms with Gasteiger partial charge >= 0.3 is 0 Å². The van der Waals surface area contributed by atoms with E-state index < -0.39 is 17.7 Å². The molecule has 0 aliphatic heterocycles. The fourth-order valence-corrected chi connectivity index (χ4v) is 1.55. The Hall–Kier alpha value is -1.52. The second-order valence-electron chi connectivity index (χ2n) is 3.45. The van der Waals surface area contributed by atoms with Crippen LogP contribution in [0.1, 0.15) is 17.4 Å². The van der Waals surface area contributed by atoms with Gasteiger partial charge in [0.15, 0.2) is 11.6 Å². The summed E-state index contributed by atoms with van der Waals surface area (Å²) in [5.74, 6) is -2.08. The van der Waals surface area contributed by atoms with Crippen molar-refractivity contribution in [3.8, 4) is 0 Å². The molecule has 2 nitrogen and oxygen atoms in total. The van der Waals surface area contributed by atoms with Crippen LogP contribution in [0.25, 0.3) is 0 Å². The molecule has 0 aliphatic rings. The number of halogens is 3. The summed E-state index contributed by atoms with van der Waals surface area (Å²) in [5.41, 5.74) is 0.0544. The van der Waals surface area contributed by atoms with Gasteiger partial charge in [0.2, 0.25) is 0 Å². The lowest BCUT2D eigenvalue weighted by molar-refractivity contribution is 0.208. The van der Waals surface area contributed by atoms with Crippen molar-refractivity contribution in [2.24, 2.45) is 0 Å². The van der Waals surface area contributed by atoms with Crippen LogP contribution < -0.4 is 0 Å². The molecular weight excluding hydrogens is 248 g/mol. The van der Waals surface area contributed by atoms with Gasteiger partial charge < -0.3 is 5.11 Å². The maximum Gasteiger partial charge on any atom is 0.165 e. The quantitative estimate of drug-likeness (QED) is 0.895. The van der Waals surface area contributed by atoms with E-state index in [0.29, 0.717) is 5.02 Å². The summed E-state index contributed by atoms with van der Waals surface area (Å²) >= 11 is 5.64. The van der Waals surface area contributed by atoms with E-state index in [1.165, 1.54) is 30.5 Å². The summed E-state index contributed by atoms with van der Waals surface area (Å²) in [6, 6.07) is 6.59. The molecule has 0 radical (unpaired) electrons. The number of hydrogen-bond acceptors (Lipinski definition) is 2. The normalized spacial score (nSPS) is 12.5. The van der Waals surface area contributed by atoms with Crippen molar-refractivity contribution in [3.05, 3.63) is 64.4 Å². The van der Waals surface area contributed by atoms with Crippen molar-refractivity contribution in [1.29, 1.82) is 0 Å². The Labute approximate surface area is 102 Å². The highest BCUT2D eigenvalue weighted by Gasteiger charge is 2.18. The van der Waals surface area contributed by atoms with Crippen LogP contribution in [0.4, 0.5) is 8.78 Å². The van der Waals surface area contributed by atoms with Gasteiger partial charge in [0.25, 0.3) is 0 Å². The monoisotopic (exact) mass is 255 g/mol. The number of pyridine rings is 1. The summed E-state index contributed by atoms with van der Waals surface area (Å²) in [6.45, 7) is 0. The van der Waals surface area contributed by atoms with E-state index in [9.17, 15) is 13.9 Å². The third kappa shape index (κ3) is 2.43. The van der Waals surface area contributed by atoms with Gasteiger partial charge in [0.05, 0.1) is 10.7 Å². The van der Waals surface area contributed by atoms with Crippen molar-refractivity contribution in [3.63, 3.8) is 0 Å². The van der Waals surface area contributed by atoms with E-state index in [0.717, 1.165) is 6.07 Å². The SMILES string of the molecule is OC(c1ccc(Cl)cn1)c1cccc(F)c1F. The van der Waals surface area contributed by atoms with E-state index in [1.807, 2.05) is 0 Å². The molecule has 2 rings (SSSR count). The molecule has 5 heteroatoms. The van der Waals surface area contributed by atoms with E-state index in [2.05, 4.69) is 4.98 Å². The summed E-state index contributed by atoms with van der Waals surface area (Å²) in [7, 11) is 0. The Morgan fingerprint density at radius 3 is 2.59 bits per heavy atom. The highest BCUT2D eigenvalue weighted by Crippen LogP contribution is 2.24. The highest BCUT2D eigenvalue weighted by molar-refractivity contribution is 6.30. The molecule has 2 aromatic rings. The molecule has 0 amide bonds. The number of aliphatic hydroxyl groups excluding tert-OH is 1. The third-order valence-corrected chi connectivity index (χ3v) is 2.53. The van der Waals surface area contributed by atoms with Crippen molar-refractivity contribution in [2.45, 2.75) is 6.10 Å². The standard InChI is InChI=1S/C12H8ClF2NO/c13-7-4-5-10(16-6-7)12(17)8-2-1-3-9(14)11(8)15/h1-6,12,17H. The van der Waals surface area contributed by atoms with Crippen LogP contribution in [0.2, 0.25) is 5.02 Å². The molecule has 88 valence electrons. The third-order valence-electron chi connectivity index (χ3n) is 2.31. The number of aliphatic hydroxyl groups is 1. The van der Waals surface area contributed by atoms with Gasteiger partial charge in [0.1, 0.15) is 6.10 Å². The Morgan fingerprint density at radius 1 is 1.18 bits per heavy atom. The van der Waals surface area contributed by atoms with Gasteiger partial charge in [-0.25, -0.2) is 8.78 Å². The number of rotatable bonds is 2. The fourth-order valence-electron chi connectivity index (χ4n) is 1.44. The van der Waals surface area contributed by atoms with Crippen LogP contribution in [-0.2, 0) is 0 Å². The Kier molecular flexibility index (Phi) is 3.36. The average Bonchev–Trinajstić information content (AvgIpc) is 2.33. The van der Waals surface area contributed by atoms with Crippen molar-refractivity contribution >= 4 is 11.6 Å².